The van der Waals surface area contributed by atoms with Gasteiger partial charge in [0.2, 0.25) is 5.91 Å². The maximum Gasteiger partial charge on any atom is 0.258 e. The predicted molar refractivity (Wildman–Crippen MR) is 47.3 cm³/mol. The fraction of sp³-hybridized carbons (Fsp3) is 0.200. The number of amides is 2. The maximum atomic E-state index is 11.3. The van der Waals surface area contributed by atoms with Crippen LogP contribution in [0, 0.1) is 0 Å². The van der Waals surface area contributed by atoms with Crippen LogP contribution in [0.2, 0.25) is 0 Å². The molecule has 3 nitrogen and oxygen atoms in total. The summed E-state index contributed by atoms with van der Waals surface area (Å²) < 4.78 is 0. The Hall–Kier alpha value is -1.64. The molecule has 1 atom stereocenters. The van der Waals surface area contributed by atoms with Gasteiger partial charge in [-0.15, -0.1) is 0 Å². The number of nitrogens with one attached hydrogen (secondary N) is 1. The Labute approximate surface area is 75.8 Å². The highest BCUT2D eigenvalue weighted by atomic mass is 16.2. The average molecular weight is 175 g/mol. The van der Waals surface area contributed by atoms with Gasteiger partial charge in [0, 0.05) is 5.56 Å². The molecule has 2 amide bonds. The molecule has 0 bridgehead atoms. The highest BCUT2D eigenvalue weighted by Crippen LogP contribution is 2.23. The van der Waals surface area contributed by atoms with E-state index in [1.54, 1.807) is 19.1 Å². The van der Waals surface area contributed by atoms with Gasteiger partial charge in [-0.2, -0.15) is 0 Å². The Morgan fingerprint density at radius 2 is 1.92 bits per heavy atom. The standard InChI is InChI=1S/C10H9NO2/c1-6-7-4-2-3-5-8(7)10(13)11-9(6)12/h2-6H,1H3,(H,11,12,13)/t6-/m0/s1. The minimum absolute atomic E-state index is 0.219. The second-order valence-corrected chi connectivity index (χ2v) is 3.13. The summed E-state index contributed by atoms with van der Waals surface area (Å²) in [6.07, 6.45) is 0. The molecule has 3 heteroatoms. The van der Waals surface area contributed by atoms with Crippen molar-refractivity contribution in [1.29, 1.82) is 0 Å². The third-order valence-corrected chi connectivity index (χ3v) is 2.30. The van der Waals surface area contributed by atoms with Crippen molar-refractivity contribution in [2.24, 2.45) is 0 Å². The van der Waals surface area contributed by atoms with Crippen LogP contribution in [0.1, 0.15) is 28.8 Å². The van der Waals surface area contributed by atoms with Crippen LogP contribution in [0.5, 0.6) is 0 Å². The van der Waals surface area contributed by atoms with Gasteiger partial charge in [-0.3, -0.25) is 14.9 Å². The number of rotatable bonds is 0. The second-order valence-electron chi connectivity index (χ2n) is 3.13. The molecule has 0 saturated carbocycles. The maximum absolute atomic E-state index is 11.3. The van der Waals surface area contributed by atoms with Gasteiger partial charge < -0.3 is 0 Å². The summed E-state index contributed by atoms with van der Waals surface area (Å²) in [5.74, 6) is -0.740. The first-order chi connectivity index (χ1) is 6.20. The normalized spacial score (nSPS) is 20.8. The molecule has 0 aromatic heterocycles. The van der Waals surface area contributed by atoms with E-state index in [0.29, 0.717) is 5.56 Å². The number of imide groups is 1. The van der Waals surface area contributed by atoms with E-state index in [9.17, 15) is 9.59 Å². The van der Waals surface area contributed by atoms with Gasteiger partial charge in [-0.05, 0) is 18.6 Å². The Morgan fingerprint density at radius 1 is 1.23 bits per heavy atom. The van der Waals surface area contributed by atoms with Crippen LogP contribution >= 0.6 is 0 Å². The molecule has 0 spiro atoms. The Kier molecular flexibility index (Phi) is 1.65. The third kappa shape index (κ3) is 1.13. The van der Waals surface area contributed by atoms with Crippen molar-refractivity contribution >= 4 is 11.8 Å². The van der Waals surface area contributed by atoms with Gasteiger partial charge in [0.1, 0.15) is 0 Å². The summed E-state index contributed by atoms with van der Waals surface area (Å²) in [6.45, 7) is 1.79. The van der Waals surface area contributed by atoms with Crippen LogP contribution in [0.25, 0.3) is 0 Å². The van der Waals surface area contributed by atoms with Crippen molar-refractivity contribution in [2.75, 3.05) is 0 Å². The van der Waals surface area contributed by atoms with Crippen LogP contribution in [0.3, 0.4) is 0 Å². The number of carbonyl (C=O) groups is 2. The quantitative estimate of drug-likeness (QED) is 0.599. The highest BCUT2D eigenvalue weighted by Gasteiger charge is 2.27. The number of carbonyl (C=O) groups excluding carboxylic acids is 2. The van der Waals surface area contributed by atoms with Crippen molar-refractivity contribution in [3.63, 3.8) is 0 Å². The summed E-state index contributed by atoms with van der Waals surface area (Å²) in [6, 6.07) is 7.17. The van der Waals surface area contributed by atoms with Crippen LogP contribution in [-0.4, -0.2) is 11.8 Å². The fourth-order valence-corrected chi connectivity index (χ4v) is 1.51. The van der Waals surface area contributed by atoms with Gasteiger partial charge in [-0.25, -0.2) is 0 Å². The van der Waals surface area contributed by atoms with Crippen LogP contribution in [0.4, 0.5) is 0 Å². The van der Waals surface area contributed by atoms with E-state index < -0.39 is 0 Å². The first-order valence-electron chi connectivity index (χ1n) is 4.14. The molecule has 1 aliphatic heterocycles. The summed E-state index contributed by atoms with van der Waals surface area (Å²) in [5.41, 5.74) is 1.42. The summed E-state index contributed by atoms with van der Waals surface area (Å²) in [4.78, 5) is 22.5. The molecule has 0 fully saturated rings. The molecule has 0 saturated heterocycles. The van der Waals surface area contributed by atoms with Crippen LogP contribution in [0.15, 0.2) is 24.3 Å². The Bertz CT molecular complexity index is 384. The lowest BCUT2D eigenvalue weighted by Gasteiger charge is -2.20. The molecule has 13 heavy (non-hydrogen) atoms. The van der Waals surface area contributed by atoms with Crippen molar-refractivity contribution < 1.29 is 9.59 Å². The molecule has 0 aliphatic carbocycles. The zero-order valence-corrected chi connectivity index (χ0v) is 7.20. The Morgan fingerprint density at radius 3 is 2.69 bits per heavy atom. The minimum atomic E-state index is -0.293. The van der Waals surface area contributed by atoms with E-state index in [4.69, 9.17) is 0 Å². The predicted octanol–water partition coefficient (Wildman–Crippen LogP) is 1.06. The van der Waals surface area contributed by atoms with Gasteiger partial charge >= 0.3 is 0 Å². The Balaban J connectivity index is 2.60. The smallest absolute Gasteiger partial charge is 0.258 e. The topological polar surface area (TPSA) is 46.2 Å². The number of benzene rings is 1. The molecule has 1 aliphatic rings. The number of hydrogen-bond acceptors (Lipinski definition) is 2. The highest BCUT2D eigenvalue weighted by molar-refractivity contribution is 6.11. The SMILES string of the molecule is C[C@@H]1C(=O)NC(=O)c2ccccc21. The van der Waals surface area contributed by atoms with Crippen molar-refractivity contribution in [1.82, 2.24) is 5.32 Å². The van der Waals surface area contributed by atoms with Crippen LogP contribution < -0.4 is 5.32 Å². The minimum Gasteiger partial charge on any atom is -0.292 e. The first kappa shape index (κ1) is 7.98. The lowest BCUT2D eigenvalue weighted by atomic mass is 9.91. The van der Waals surface area contributed by atoms with Gasteiger partial charge in [0.25, 0.3) is 5.91 Å². The molecule has 2 rings (SSSR count). The molecule has 1 heterocycles. The van der Waals surface area contributed by atoms with E-state index in [1.165, 1.54) is 0 Å². The van der Waals surface area contributed by atoms with Gasteiger partial charge in [-0.1, -0.05) is 18.2 Å². The summed E-state index contributed by atoms with van der Waals surface area (Å²) in [7, 11) is 0. The molecular weight excluding hydrogens is 166 g/mol. The zero-order chi connectivity index (χ0) is 9.42. The monoisotopic (exact) mass is 175 g/mol. The van der Waals surface area contributed by atoms with E-state index in [-0.39, 0.29) is 17.7 Å². The second kappa shape index (κ2) is 2.69. The summed E-state index contributed by atoms with van der Waals surface area (Å²) in [5, 5.41) is 2.31. The van der Waals surface area contributed by atoms with E-state index in [0.717, 1.165) is 5.56 Å². The number of hydrogen-bond donors (Lipinski definition) is 1. The molecule has 1 aromatic rings. The van der Waals surface area contributed by atoms with Gasteiger partial charge in [0.05, 0.1) is 5.92 Å². The molecule has 0 radical (unpaired) electrons. The van der Waals surface area contributed by atoms with Crippen molar-refractivity contribution in [2.45, 2.75) is 12.8 Å². The van der Waals surface area contributed by atoms with Crippen molar-refractivity contribution in [3.05, 3.63) is 35.4 Å². The van der Waals surface area contributed by atoms with E-state index in [2.05, 4.69) is 5.32 Å². The molecule has 1 N–H and O–H groups in total. The third-order valence-electron chi connectivity index (χ3n) is 2.30. The lowest BCUT2D eigenvalue weighted by Crippen LogP contribution is -2.39. The molecule has 1 aromatic carbocycles. The fourth-order valence-electron chi connectivity index (χ4n) is 1.51. The van der Waals surface area contributed by atoms with Crippen LogP contribution in [-0.2, 0) is 4.79 Å². The molecule has 66 valence electrons. The lowest BCUT2D eigenvalue weighted by molar-refractivity contribution is -0.121. The van der Waals surface area contributed by atoms with E-state index >= 15 is 0 Å². The average Bonchev–Trinajstić information content (AvgIpc) is 2.15. The van der Waals surface area contributed by atoms with Crippen molar-refractivity contribution in [3.8, 4) is 0 Å². The summed E-state index contributed by atoms with van der Waals surface area (Å²) >= 11 is 0. The largest absolute Gasteiger partial charge is 0.292 e. The zero-order valence-electron chi connectivity index (χ0n) is 7.20. The molecule has 0 unspecified atom stereocenters. The first-order valence-corrected chi connectivity index (χ1v) is 4.14. The number of fused-ring (bicyclic) bond motifs is 1. The molecular formula is C10H9NO2. The van der Waals surface area contributed by atoms with E-state index in [1.807, 2.05) is 12.1 Å². The van der Waals surface area contributed by atoms with Gasteiger partial charge in [0.15, 0.2) is 0 Å².